The highest BCUT2D eigenvalue weighted by Gasteiger charge is 2.12. The average Bonchev–Trinajstić information content (AvgIpc) is 2.27. The molecule has 1 rings (SSSR count). The summed E-state index contributed by atoms with van der Waals surface area (Å²) >= 11 is 0. The molecular weight excluding hydrogens is 192 g/mol. The van der Waals surface area contributed by atoms with Crippen LogP contribution >= 0.6 is 0 Å². The third-order valence-corrected chi connectivity index (χ3v) is 2.34. The summed E-state index contributed by atoms with van der Waals surface area (Å²) in [5.41, 5.74) is 1.55. The van der Waals surface area contributed by atoms with Crippen molar-refractivity contribution in [1.29, 1.82) is 0 Å². The molecule has 0 unspecified atom stereocenters. The number of carbonyl (C=O) groups is 1. The fourth-order valence-corrected chi connectivity index (χ4v) is 1.38. The van der Waals surface area contributed by atoms with Gasteiger partial charge in [0.1, 0.15) is 12.4 Å². The Morgan fingerprint density at radius 1 is 1.47 bits per heavy atom. The Morgan fingerprint density at radius 3 is 2.60 bits per heavy atom. The number of carbonyl (C=O) groups excluding carboxylic acids is 1. The zero-order chi connectivity index (χ0) is 11.4. The lowest BCUT2D eigenvalue weighted by molar-refractivity contribution is 0.0900. The Balaban J connectivity index is 3.15. The molecule has 15 heavy (non-hydrogen) atoms. The van der Waals surface area contributed by atoms with Gasteiger partial charge < -0.3 is 9.84 Å². The van der Waals surface area contributed by atoms with Crippen LogP contribution in [0.15, 0.2) is 18.2 Å². The number of aliphatic hydroxyl groups is 1. The Hall–Kier alpha value is -1.35. The molecule has 0 radical (unpaired) electrons. The summed E-state index contributed by atoms with van der Waals surface area (Å²) in [4.78, 5) is 11.3. The van der Waals surface area contributed by atoms with Gasteiger partial charge in [0.2, 0.25) is 0 Å². The zero-order valence-electron chi connectivity index (χ0n) is 9.28. The van der Waals surface area contributed by atoms with E-state index in [1.165, 1.54) is 7.11 Å². The van der Waals surface area contributed by atoms with Crippen LogP contribution in [0.5, 0.6) is 5.75 Å². The Labute approximate surface area is 89.7 Å². The first kappa shape index (κ1) is 11.7. The molecule has 3 nitrogen and oxygen atoms in total. The summed E-state index contributed by atoms with van der Waals surface area (Å²) in [6, 6.07) is 5.43. The number of methoxy groups -OCH3 is 1. The fraction of sp³-hybridized carbons (Fsp3) is 0.417. The van der Waals surface area contributed by atoms with Crippen LogP contribution in [0.2, 0.25) is 0 Å². The first-order valence-corrected chi connectivity index (χ1v) is 4.92. The van der Waals surface area contributed by atoms with Crippen molar-refractivity contribution in [3.05, 3.63) is 29.3 Å². The summed E-state index contributed by atoms with van der Waals surface area (Å²) in [5.74, 6) is 0.597. The van der Waals surface area contributed by atoms with Gasteiger partial charge in [-0.25, -0.2) is 0 Å². The van der Waals surface area contributed by atoms with Gasteiger partial charge in [-0.3, -0.25) is 4.79 Å². The van der Waals surface area contributed by atoms with E-state index in [1.54, 1.807) is 6.07 Å². The van der Waals surface area contributed by atoms with Crippen molar-refractivity contribution in [1.82, 2.24) is 0 Å². The molecule has 82 valence electrons. The van der Waals surface area contributed by atoms with Crippen molar-refractivity contribution in [2.45, 2.75) is 19.8 Å². The number of ketones is 1. The second-order valence-electron chi connectivity index (χ2n) is 3.70. The van der Waals surface area contributed by atoms with E-state index in [9.17, 15) is 4.79 Å². The fourth-order valence-electron chi connectivity index (χ4n) is 1.38. The molecule has 0 atom stereocenters. The molecule has 1 aromatic rings. The van der Waals surface area contributed by atoms with Gasteiger partial charge in [0, 0.05) is 0 Å². The number of ether oxygens (including phenoxy) is 1. The lowest BCUT2D eigenvalue weighted by Gasteiger charge is -2.11. The molecule has 1 aromatic carbocycles. The van der Waals surface area contributed by atoms with Crippen LogP contribution in [0.4, 0.5) is 0 Å². The molecule has 0 aromatic heterocycles. The number of aliphatic hydroxyl groups excluding tert-OH is 1. The van der Waals surface area contributed by atoms with E-state index in [0.29, 0.717) is 17.2 Å². The SMILES string of the molecule is COc1cc(C(C)C)ccc1C(=O)CO. The molecule has 3 heteroatoms. The van der Waals surface area contributed by atoms with E-state index in [2.05, 4.69) is 13.8 Å². The molecule has 1 N–H and O–H groups in total. The molecule has 0 fully saturated rings. The van der Waals surface area contributed by atoms with Crippen molar-refractivity contribution in [2.24, 2.45) is 0 Å². The molecule has 0 aliphatic rings. The van der Waals surface area contributed by atoms with Crippen LogP contribution in [-0.2, 0) is 0 Å². The van der Waals surface area contributed by atoms with Crippen LogP contribution < -0.4 is 4.74 Å². The molecule has 0 bridgehead atoms. The van der Waals surface area contributed by atoms with E-state index in [4.69, 9.17) is 9.84 Å². The highest BCUT2D eigenvalue weighted by molar-refractivity contribution is 5.99. The predicted octanol–water partition coefficient (Wildman–Crippen LogP) is 1.99. The minimum absolute atomic E-state index is 0.317. The third-order valence-electron chi connectivity index (χ3n) is 2.34. The quantitative estimate of drug-likeness (QED) is 0.770. The van der Waals surface area contributed by atoms with Gasteiger partial charge in [-0.15, -0.1) is 0 Å². The van der Waals surface area contributed by atoms with Gasteiger partial charge in [0.05, 0.1) is 12.7 Å². The second-order valence-corrected chi connectivity index (χ2v) is 3.70. The summed E-state index contributed by atoms with van der Waals surface area (Å²) in [7, 11) is 1.52. The normalized spacial score (nSPS) is 10.5. The standard InChI is InChI=1S/C12H16O3/c1-8(2)9-4-5-10(11(14)7-13)12(6-9)15-3/h4-6,8,13H,7H2,1-3H3. The van der Waals surface area contributed by atoms with Crippen molar-refractivity contribution in [2.75, 3.05) is 13.7 Å². The summed E-state index contributed by atoms with van der Waals surface area (Å²) < 4.78 is 5.13. The topological polar surface area (TPSA) is 46.5 Å². The summed E-state index contributed by atoms with van der Waals surface area (Å²) in [6.07, 6.45) is 0. The minimum atomic E-state index is -0.489. The number of benzene rings is 1. The molecular formula is C12H16O3. The van der Waals surface area contributed by atoms with Gasteiger partial charge >= 0.3 is 0 Å². The lowest BCUT2D eigenvalue weighted by atomic mass is 9.99. The Kier molecular flexibility index (Phi) is 3.86. The van der Waals surface area contributed by atoms with Gasteiger partial charge in [-0.1, -0.05) is 19.9 Å². The molecule has 0 saturated heterocycles. The molecule has 0 aliphatic carbocycles. The third kappa shape index (κ3) is 2.57. The molecule has 0 aliphatic heterocycles. The summed E-state index contributed by atoms with van der Waals surface area (Å²) in [5, 5.41) is 8.78. The number of hydrogen-bond donors (Lipinski definition) is 1. The molecule has 0 spiro atoms. The minimum Gasteiger partial charge on any atom is -0.496 e. The maximum atomic E-state index is 11.3. The van der Waals surface area contributed by atoms with Crippen LogP contribution in [0.1, 0.15) is 35.7 Å². The van der Waals surface area contributed by atoms with Gasteiger partial charge in [-0.2, -0.15) is 0 Å². The number of Topliss-reactive ketones (excluding diaryl/α,β-unsaturated/α-hetero) is 1. The van der Waals surface area contributed by atoms with E-state index in [0.717, 1.165) is 5.56 Å². The second kappa shape index (κ2) is 4.94. The first-order valence-electron chi connectivity index (χ1n) is 4.92. The zero-order valence-corrected chi connectivity index (χ0v) is 9.28. The van der Waals surface area contributed by atoms with E-state index in [-0.39, 0.29) is 5.78 Å². The van der Waals surface area contributed by atoms with Crippen LogP contribution in [0.3, 0.4) is 0 Å². The highest BCUT2D eigenvalue weighted by Crippen LogP contribution is 2.24. The van der Waals surface area contributed by atoms with Crippen molar-refractivity contribution < 1.29 is 14.6 Å². The predicted molar refractivity (Wildman–Crippen MR) is 58.5 cm³/mol. The van der Waals surface area contributed by atoms with E-state index >= 15 is 0 Å². The first-order chi connectivity index (χ1) is 7.10. The monoisotopic (exact) mass is 208 g/mol. The average molecular weight is 208 g/mol. The van der Waals surface area contributed by atoms with E-state index in [1.807, 2.05) is 12.1 Å². The maximum absolute atomic E-state index is 11.3. The smallest absolute Gasteiger partial charge is 0.191 e. The van der Waals surface area contributed by atoms with Crippen LogP contribution in [0, 0.1) is 0 Å². The molecule has 0 amide bonds. The van der Waals surface area contributed by atoms with Gasteiger partial charge in [0.15, 0.2) is 5.78 Å². The van der Waals surface area contributed by atoms with Gasteiger partial charge in [-0.05, 0) is 23.6 Å². The highest BCUT2D eigenvalue weighted by atomic mass is 16.5. The van der Waals surface area contributed by atoms with Crippen molar-refractivity contribution >= 4 is 5.78 Å². The Morgan fingerprint density at radius 2 is 2.13 bits per heavy atom. The lowest BCUT2D eigenvalue weighted by Crippen LogP contribution is -2.07. The molecule has 0 heterocycles. The maximum Gasteiger partial charge on any atom is 0.191 e. The summed E-state index contributed by atoms with van der Waals surface area (Å²) in [6.45, 7) is 3.65. The molecule has 0 saturated carbocycles. The Bertz CT molecular complexity index is 356. The van der Waals surface area contributed by atoms with Crippen molar-refractivity contribution in [3.63, 3.8) is 0 Å². The largest absolute Gasteiger partial charge is 0.496 e. The number of rotatable bonds is 4. The number of hydrogen-bond acceptors (Lipinski definition) is 3. The van der Waals surface area contributed by atoms with E-state index < -0.39 is 6.61 Å². The van der Waals surface area contributed by atoms with Crippen molar-refractivity contribution in [3.8, 4) is 5.75 Å². The van der Waals surface area contributed by atoms with Crippen LogP contribution in [-0.4, -0.2) is 24.6 Å². The van der Waals surface area contributed by atoms with Gasteiger partial charge in [0.25, 0.3) is 0 Å². The van der Waals surface area contributed by atoms with Crippen LogP contribution in [0.25, 0.3) is 0 Å².